The molecule has 0 unspecified atom stereocenters. The maximum absolute atomic E-state index is 8.86. The molecule has 0 radical (unpaired) electrons. The van der Waals surface area contributed by atoms with Gasteiger partial charge in [-0.15, -0.1) is 11.5 Å². The molecule has 0 aliphatic rings. The van der Waals surface area contributed by atoms with Crippen molar-refractivity contribution in [2.75, 3.05) is 6.61 Å². The first-order chi connectivity index (χ1) is 12.8. The van der Waals surface area contributed by atoms with Gasteiger partial charge in [0, 0.05) is 22.3 Å². The zero-order valence-corrected chi connectivity index (χ0v) is 14.0. The number of aliphatic hydroxyl groups excluding tert-OH is 1. The zero-order chi connectivity index (χ0) is 18.2. The molecular formula is C22H15N3O. The molecule has 0 bridgehead atoms. The summed E-state index contributed by atoms with van der Waals surface area (Å²) in [5.41, 5.74) is 4.10. The predicted octanol–water partition coefficient (Wildman–Crippen LogP) is 2.05. The number of terminal acetylenes is 1. The minimum absolute atomic E-state index is 0.0206. The van der Waals surface area contributed by atoms with Gasteiger partial charge in [0.1, 0.15) is 0 Å². The number of rotatable bonds is 2. The number of aliphatic hydroxyl groups is 1. The Hall–Kier alpha value is -3.78. The maximum Gasteiger partial charge on any atom is 0.155 e. The van der Waals surface area contributed by atoms with E-state index in [1.54, 1.807) is 10.9 Å². The van der Waals surface area contributed by atoms with Gasteiger partial charge in [0.2, 0.25) is 0 Å². The molecule has 1 N–H and O–H groups in total. The average molecular weight is 337 g/mol. The molecule has 3 rings (SSSR count). The number of hydrogen-bond donors (Lipinski definition) is 1. The highest BCUT2D eigenvalue weighted by molar-refractivity contribution is 5.48. The molecule has 0 fully saturated rings. The van der Waals surface area contributed by atoms with Gasteiger partial charge < -0.3 is 5.11 Å². The van der Waals surface area contributed by atoms with Crippen LogP contribution in [0.25, 0.3) is 0 Å². The van der Waals surface area contributed by atoms with Gasteiger partial charge in [-0.2, -0.15) is 0 Å². The van der Waals surface area contributed by atoms with E-state index in [-0.39, 0.29) is 6.61 Å². The van der Waals surface area contributed by atoms with Crippen molar-refractivity contribution in [1.29, 1.82) is 0 Å². The SMILES string of the molecule is C#Cc1ccc(C#Cc2ccc(C#Cc3cn(CCO)nn3)cc2)cc1. The van der Waals surface area contributed by atoms with Crippen LogP contribution < -0.4 is 0 Å². The summed E-state index contributed by atoms with van der Waals surface area (Å²) in [6, 6.07) is 15.2. The lowest BCUT2D eigenvalue weighted by molar-refractivity contribution is 0.268. The van der Waals surface area contributed by atoms with E-state index < -0.39 is 0 Å². The van der Waals surface area contributed by atoms with Crippen molar-refractivity contribution in [3.05, 3.63) is 82.7 Å². The van der Waals surface area contributed by atoms with Crippen molar-refractivity contribution < 1.29 is 5.11 Å². The first kappa shape index (κ1) is 17.1. The molecule has 0 spiro atoms. The molecule has 1 heterocycles. The molecule has 0 atom stereocenters. The topological polar surface area (TPSA) is 50.9 Å². The fourth-order valence-corrected chi connectivity index (χ4v) is 2.13. The summed E-state index contributed by atoms with van der Waals surface area (Å²) in [4.78, 5) is 0. The molecule has 0 aliphatic heterocycles. The van der Waals surface area contributed by atoms with Gasteiger partial charge in [0.15, 0.2) is 5.69 Å². The number of aromatic nitrogens is 3. The van der Waals surface area contributed by atoms with Crippen molar-refractivity contribution in [2.45, 2.75) is 6.54 Å². The van der Waals surface area contributed by atoms with Crippen molar-refractivity contribution >= 4 is 0 Å². The fraction of sp³-hybridized carbons (Fsp3) is 0.0909. The van der Waals surface area contributed by atoms with E-state index >= 15 is 0 Å². The summed E-state index contributed by atoms with van der Waals surface area (Å²) >= 11 is 0. The number of hydrogen-bond acceptors (Lipinski definition) is 3. The van der Waals surface area contributed by atoms with Crippen LogP contribution in [0.2, 0.25) is 0 Å². The van der Waals surface area contributed by atoms with Gasteiger partial charge in [-0.25, -0.2) is 4.68 Å². The van der Waals surface area contributed by atoms with E-state index in [2.05, 4.69) is 39.9 Å². The zero-order valence-electron chi connectivity index (χ0n) is 14.0. The second-order valence-corrected chi connectivity index (χ2v) is 5.39. The Morgan fingerprint density at radius 2 is 1.31 bits per heavy atom. The van der Waals surface area contributed by atoms with E-state index in [4.69, 9.17) is 11.5 Å². The van der Waals surface area contributed by atoms with Gasteiger partial charge in [0.05, 0.1) is 19.3 Å². The van der Waals surface area contributed by atoms with E-state index in [9.17, 15) is 0 Å². The lowest BCUT2D eigenvalue weighted by Gasteiger charge is -1.93. The molecule has 0 saturated carbocycles. The standard InChI is InChI=1S/C22H15N3O/c1-2-18-3-5-19(6-4-18)7-8-20-9-11-21(12-10-20)13-14-22-17-25(15-16-26)24-23-22/h1,3-6,9-12,17,26H,15-16H2. The van der Waals surface area contributed by atoms with Crippen molar-refractivity contribution in [3.8, 4) is 36.0 Å². The number of nitrogens with zero attached hydrogens (tertiary/aromatic N) is 3. The van der Waals surface area contributed by atoms with Gasteiger partial charge in [-0.3, -0.25) is 0 Å². The van der Waals surface area contributed by atoms with Crippen LogP contribution in [0.1, 0.15) is 27.9 Å². The fourth-order valence-electron chi connectivity index (χ4n) is 2.13. The molecule has 4 heteroatoms. The van der Waals surface area contributed by atoms with E-state index in [0.717, 1.165) is 22.3 Å². The first-order valence-electron chi connectivity index (χ1n) is 7.98. The third-order valence-corrected chi connectivity index (χ3v) is 3.49. The van der Waals surface area contributed by atoms with E-state index in [1.165, 1.54) is 0 Å². The minimum atomic E-state index is 0.0206. The van der Waals surface area contributed by atoms with Gasteiger partial charge in [-0.05, 0) is 54.5 Å². The van der Waals surface area contributed by atoms with Crippen LogP contribution in [-0.4, -0.2) is 26.7 Å². The Bertz CT molecular complexity index is 1050. The Kier molecular flexibility index (Phi) is 5.48. The maximum atomic E-state index is 8.86. The normalized spacial score (nSPS) is 9.38. The van der Waals surface area contributed by atoms with Crippen LogP contribution in [0.3, 0.4) is 0 Å². The van der Waals surface area contributed by atoms with Crippen LogP contribution in [0.4, 0.5) is 0 Å². The molecule has 4 nitrogen and oxygen atoms in total. The molecule has 124 valence electrons. The monoisotopic (exact) mass is 337 g/mol. The predicted molar refractivity (Wildman–Crippen MR) is 99.9 cm³/mol. The summed E-state index contributed by atoms with van der Waals surface area (Å²) < 4.78 is 1.55. The summed E-state index contributed by atoms with van der Waals surface area (Å²) in [5.74, 6) is 14.8. The molecule has 2 aromatic carbocycles. The third-order valence-electron chi connectivity index (χ3n) is 3.49. The highest BCUT2D eigenvalue weighted by atomic mass is 16.3. The van der Waals surface area contributed by atoms with Gasteiger partial charge >= 0.3 is 0 Å². The Morgan fingerprint density at radius 1 is 0.808 bits per heavy atom. The van der Waals surface area contributed by atoms with Crippen LogP contribution in [0, 0.1) is 36.0 Å². The molecule has 0 aliphatic carbocycles. The number of benzene rings is 2. The van der Waals surface area contributed by atoms with Crippen LogP contribution in [-0.2, 0) is 6.54 Å². The Morgan fingerprint density at radius 3 is 1.81 bits per heavy atom. The van der Waals surface area contributed by atoms with Gasteiger partial charge in [0.25, 0.3) is 0 Å². The van der Waals surface area contributed by atoms with Gasteiger partial charge in [-0.1, -0.05) is 28.9 Å². The van der Waals surface area contributed by atoms with E-state index in [1.807, 2.05) is 48.5 Å². The van der Waals surface area contributed by atoms with E-state index in [0.29, 0.717) is 12.2 Å². The largest absolute Gasteiger partial charge is 0.394 e. The summed E-state index contributed by atoms with van der Waals surface area (Å²) in [5, 5.41) is 16.7. The molecule has 26 heavy (non-hydrogen) atoms. The minimum Gasteiger partial charge on any atom is -0.394 e. The Balaban J connectivity index is 1.68. The van der Waals surface area contributed by atoms with Crippen LogP contribution >= 0.6 is 0 Å². The molecule has 1 aromatic heterocycles. The van der Waals surface area contributed by atoms with Crippen molar-refractivity contribution in [2.24, 2.45) is 0 Å². The Labute approximate surface area is 152 Å². The first-order valence-corrected chi connectivity index (χ1v) is 7.98. The average Bonchev–Trinajstić information content (AvgIpc) is 3.14. The third kappa shape index (κ3) is 4.62. The summed E-state index contributed by atoms with van der Waals surface area (Å²) in [7, 11) is 0. The molecule has 0 saturated heterocycles. The van der Waals surface area contributed by atoms with Crippen LogP contribution in [0.15, 0.2) is 54.7 Å². The molecular weight excluding hydrogens is 322 g/mol. The van der Waals surface area contributed by atoms with Crippen LogP contribution in [0.5, 0.6) is 0 Å². The lowest BCUT2D eigenvalue weighted by atomic mass is 10.1. The quantitative estimate of drug-likeness (QED) is 0.728. The summed E-state index contributed by atoms with van der Waals surface area (Å²) in [6.45, 7) is 0.431. The molecule has 0 amide bonds. The molecule has 3 aromatic rings. The second kappa shape index (κ2) is 8.36. The lowest BCUT2D eigenvalue weighted by Crippen LogP contribution is -2.01. The van der Waals surface area contributed by atoms with Crippen molar-refractivity contribution in [3.63, 3.8) is 0 Å². The smallest absolute Gasteiger partial charge is 0.155 e. The van der Waals surface area contributed by atoms with Crippen molar-refractivity contribution in [1.82, 2.24) is 15.0 Å². The highest BCUT2D eigenvalue weighted by Crippen LogP contribution is 2.05. The summed E-state index contributed by atoms with van der Waals surface area (Å²) in [6.07, 6.45) is 7.04. The second-order valence-electron chi connectivity index (χ2n) is 5.39. The highest BCUT2D eigenvalue weighted by Gasteiger charge is 1.96.